The number of ether oxygens (including phenoxy) is 2. The van der Waals surface area contributed by atoms with Crippen molar-refractivity contribution < 1.29 is 22.4 Å². The van der Waals surface area contributed by atoms with E-state index in [9.17, 15) is 8.42 Å². The first-order valence-corrected chi connectivity index (χ1v) is 11.7. The molecule has 0 radical (unpaired) electrons. The number of nitrogens with zero attached hydrogens (tertiary/aromatic N) is 2. The Labute approximate surface area is 186 Å². The molecular weight excluding hydrogens is 440 g/mol. The van der Waals surface area contributed by atoms with Crippen LogP contribution in [0.4, 0.5) is 5.69 Å². The molecule has 1 aliphatic heterocycles. The van der Waals surface area contributed by atoms with Gasteiger partial charge >= 0.3 is 0 Å². The van der Waals surface area contributed by atoms with Crippen molar-refractivity contribution in [2.75, 3.05) is 18.0 Å². The number of halogens is 1. The Morgan fingerprint density at radius 1 is 1.23 bits per heavy atom. The molecule has 0 saturated heterocycles. The number of aryl methyl sites for hydroxylation is 1. The number of anilines is 1. The van der Waals surface area contributed by atoms with Gasteiger partial charge in [0.2, 0.25) is 0 Å². The predicted octanol–water partition coefficient (Wildman–Crippen LogP) is 4.99. The van der Waals surface area contributed by atoms with Gasteiger partial charge in [-0.25, -0.2) is 8.42 Å². The van der Waals surface area contributed by atoms with Crippen LogP contribution in [0, 0.1) is 13.8 Å². The number of methoxy groups -OCH3 is 1. The molecule has 0 spiro atoms. The highest BCUT2D eigenvalue weighted by atomic mass is 35.5. The van der Waals surface area contributed by atoms with Crippen molar-refractivity contribution in [2.45, 2.75) is 38.2 Å². The second-order valence-corrected chi connectivity index (χ2v) is 9.65. The van der Waals surface area contributed by atoms with Crippen molar-refractivity contribution in [1.82, 2.24) is 5.16 Å². The van der Waals surface area contributed by atoms with E-state index in [0.717, 1.165) is 11.3 Å². The highest BCUT2D eigenvalue weighted by Crippen LogP contribution is 2.41. The monoisotopic (exact) mass is 462 g/mol. The van der Waals surface area contributed by atoms with Gasteiger partial charge in [-0.1, -0.05) is 23.7 Å². The van der Waals surface area contributed by atoms with Crippen molar-refractivity contribution in [2.24, 2.45) is 0 Å². The third-order valence-corrected chi connectivity index (χ3v) is 7.50. The highest BCUT2D eigenvalue weighted by Gasteiger charge is 2.36. The zero-order valence-corrected chi connectivity index (χ0v) is 19.2. The van der Waals surface area contributed by atoms with E-state index in [1.165, 1.54) is 11.4 Å². The molecule has 1 atom stereocenters. The molecule has 4 rings (SSSR count). The van der Waals surface area contributed by atoms with E-state index in [2.05, 4.69) is 5.16 Å². The van der Waals surface area contributed by atoms with Gasteiger partial charge in [-0.2, -0.15) is 0 Å². The van der Waals surface area contributed by atoms with Gasteiger partial charge in [0.1, 0.15) is 22.5 Å². The van der Waals surface area contributed by atoms with E-state index in [1.54, 1.807) is 36.4 Å². The van der Waals surface area contributed by atoms with Crippen LogP contribution in [-0.2, 0) is 10.0 Å². The fraction of sp³-hybridized carbons (Fsp3) is 0.318. The van der Waals surface area contributed by atoms with E-state index >= 15 is 0 Å². The van der Waals surface area contributed by atoms with Crippen LogP contribution in [-0.4, -0.2) is 33.3 Å². The first-order valence-electron chi connectivity index (χ1n) is 9.86. The average molecular weight is 463 g/mol. The second-order valence-electron chi connectivity index (χ2n) is 7.38. The maximum Gasteiger partial charge on any atom is 0.268 e. The van der Waals surface area contributed by atoms with Crippen LogP contribution in [0.5, 0.6) is 11.5 Å². The van der Waals surface area contributed by atoms with E-state index < -0.39 is 10.0 Å². The number of fused-ring (bicyclic) bond motifs is 1. The molecule has 0 N–H and O–H groups in total. The van der Waals surface area contributed by atoms with Crippen LogP contribution in [0.3, 0.4) is 0 Å². The fourth-order valence-corrected chi connectivity index (χ4v) is 5.40. The van der Waals surface area contributed by atoms with Gasteiger partial charge in [0.25, 0.3) is 10.0 Å². The van der Waals surface area contributed by atoms with Gasteiger partial charge in [-0.15, -0.1) is 0 Å². The minimum atomic E-state index is -4.01. The first-order chi connectivity index (χ1) is 14.8. The number of aromatic nitrogens is 1. The summed E-state index contributed by atoms with van der Waals surface area (Å²) >= 11 is 6.17. The number of benzene rings is 2. The third-order valence-electron chi connectivity index (χ3n) is 5.46. The van der Waals surface area contributed by atoms with E-state index in [-0.39, 0.29) is 23.3 Å². The quantitative estimate of drug-likeness (QED) is 0.531. The Balaban J connectivity index is 1.88. The van der Waals surface area contributed by atoms with Crippen molar-refractivity contribution in [3.05, 3.63) is 52.7 Å². The lowest BCUT2D eigenvalue weighted by Gasteiger charge is -2.35. The van der Waals surface area contributed by atoms with Gasteiger partial charge in [-0.05, 0) is 56.7 Å². The van der Waals surface area contributed by atoms with Crippen molar-refractivity contribution in [3.63, 3.8) is 0 Å². The minimum Gasteiger partial charge on any atom is -0.495 e. The molecule has 0 aliphatic carbocycles. The van der Waals surface area contributed by atoms with Crippen LogP contribution in [0.15, 0.2) is 45.8 Å². The van der Waals surface area contributed by atoms with Crippen LogP contribution >= 0.6 is 11.6 Å². The average Bonchev–Trinajstić information content (AvgIpc) is 3.10. The zero-order valence-electron chi connectivity index (χ0n) is 17.7. The van der Waals surface area contributed by atoms with Gasteiger partial charge in [0.15, 0.2) is 5.76 Å². The SMILES string of the molecule is CC[C@H]1CN(S(=O)(=O)c2cc(-c3onc(C)c3C)ccc2OC)c2cc(Cl)ccc2O1. The first kappa shape index (κ1) is 21.5. The Kier molecular flexibility index (Phi) is 5.61. The summed E-state index contributed by atoms with van der Waals surface area (Å²) in [5, 5.41) is 4.40. The van der Waals surface area contributed by atoms with E-state index in [1.807, 2.05) is 20.8 Å². The van der Waals surface area contributed by atoms with Crippen molar-refractivity contribution in [3.8, 4) is 22.8 Å². The highest BCUT2D eigenvalue weighted by molar-refractivity contribution is 7.93. The normalized spacial score (nSPS) is 16.0. The number of hydrogen-bond acceptors (Lipinski definition) is 6. The molecule has 2 aromatic carbocycles. The number of hydrogen-bond donors (Lipinski definition) is 0. The summed E-state index contributed by atoms with van der Waals surface area (Å²) in [6.07, 6.45) is 0.374. The molecule has 0 saturated carbocycles. The minimum absolute atomic E-state index is 0.0311. The molecule has 0 amide bonds. The Morgan fingerprint density at radius 2 is 2.00 bits per heavy atom. The summed E-state index contributed by atoms with van der Waals surface area (Å²) in [4.78, 5) is 0.0311. The summed E-state index contributed by atoms with van der Waals surface area (Å²) in [5.74, 6) is 1.23. The molecule has 3 aromatic rings. The molecule has 0 unspecified atom stereocenters. The van der Waals surface area contributed by atoms with Gasteiger partial charge in [0.05, 0.1) is 25.0 Å². The van der Waals surface area contributed by atoms with Gasteiger partial charge in [-0.3, -0.25) is 4.31 Å². The Hall–Kier alpha value is -2.71. The molecule has 2 heterocycles. The summed E-state index contributed by atoms with van der Waals surface area (Å²) in [7, 11) is -2.57. The fourth-order valence-electron chi connectivity index (χ4n) is 3.55. The lowest BCUT2D eigenvalue weighted by molar-refractivity contribution is 0.195. The lowest BCUT2D eigenvalue weighted by atomic mass is 10.1. The molecule has 1 aromatic heterocycles. The van der Waals surface area contributed by atoms with E-state index in [4.69, 9.17) is 25.6 Å². The lowest BCUT2D eigenvalue weighted by Crippen LogP contribution is -2.43. The molecule has 0 bridgehead atoms. The predicted molar refractivity (Wildman–Crippen MR) is 119 cm³/mol. The van der Waals surface area contributed by atoms with Crippen LogP contribution in [0.1, 0.15) is 24.6 Å². The number of sulfonamides is 1. The summed E-state index contributed by atoms with van der Waals surface area (Å²) in [6, 6.07) is 9.90. The van der Waals surface area contributed by atoms with Gasteiger partial charge in [0, 0.05) is 16.1 Å². The Bertz CT molecular complexity index is 1240. The molecule has 164 valence electrons. The second kappa shape index (κ2) is 8.09. The standard InChI is InChI=1S/C22H23ClN2O5S/c1-5-17-12-25(18-11-16(23)7-9-19(18)29-17)31(26,27)21-10-15(6-8-20(21)28-4)22-13(2)14(3)24-30-22/h6-11,17H,5,12H2,1-4H3/t17-/m0/s1. The largest absolute Gasteiger partial charge is 0.495 e. The topological polar surface area (TPSA) is 81.9 Å². The summed E-state index contributed by atoms with van der Waals surface area (Å²) < 4.78 is 45.9. The van der Waals surface area contributed by atoms with Crippen molar-refractivity contribution in [1.29, 1.82) is 0 Å². The molecule has 1 aliphatic rings. The smallest absolute Gasteiger partial charge is 0.268 e. The van der Waals surface area contributed by atoms with Crippen LogP contribution in [0.25, 0.3) is 11.3 Å². The summed E-state index contributed by atoms with van der Waals surface area (Å²) in [5.41, 5.74) is 2.60. The van der Waals surface area contributed by atoms with Gasteiger partial charge < -0.3 is 14.0 Å². The van der Waals surface area contributed by atoms with Crippen LogP contribution < -0.4 is 13.8 Å². The van der Waals surface area contributed by atoms with E-state index in [0.29, 0.717) is 34.2 Å². The third kappa shape index (κ3) is 3.74. The molecular formula is C22H23ClN2O5S. The maximum absolute atomic E-state index is 13.9. The summed E-state index contributed by atoms with van der Waals surface area (Å²) in [6.45, 7) is 5.83. The number of rotatable bonds is 5. The zero-order chi connectivity index (χ0) is 22.3. The Morgan fingerprint density at radius 3 is 2.65 bits per heavy atom. The van der Waals surface area contributed by atoms with Crippen molar-refractivity contribution >= 4 is 27.3 Å². The van der Waals surface area contributed by atoms with Crippen LogP contribution in [0.2, 0.25) is 5.02 Å². The molecule has 7 nitrogen and oxygen atoms in total. The molecule has 0 fully saturated rings. The molecule has 31 heavy (non-hydrogen) atoms. The molecule has 9 heteroatoms. The maximum atomic E-state index is 13.9.